The Morgan fingerprint density at radius 1 is 1.45 bits per heavy atom. The highest BCUT2D eigenvalue weighted by atomic mass is 35.5. The predicted octanol–water partition coefficient (Wildman–Crippen LogP) is 2.97. The molecule has 0 aromatic carbocycles. The third kappa shape index (κ3) is 6.57. The van der Waals surface area contributed by atoms with Crippen LogP contribution in [0.2, 0.25) is 5.02 Å². The van der Waals surface area contributed by atoms with E-state index >= 15 is 0 Å². The molecule has 0 saturated carbocycles. The molecule has 1 aromatic heterocycles. The Balaban J connectivity index is 2.37. The number of rotatable bonds is 6. The Bertz CT molecular complexity index is 545. The van der Waals surface area contributed by atoms with Crippen LogP contribution in [-0.2, 0) is 4.74 Å². The number of anilines is 1. The number of aromatic nitrogens is 1. The van der Waals surface area contributed by atoms with Crippen LogP contribution in [0, 0.1) is 10.1 Å². The third-order valence-corrected chi connectivity index (χ3v) is 2.55. The molecule has 0 radical (unpaired) electrons. The van der Waals surface area contributed by atoms with E-state index in [2.05, 4.69) is 15.6 Å². The van der Waals surface area contributed by atoms with Crippen LogP contribution in [0.5, 0.6) is 0 Å². The number of ether oxygens (including phenoxy) is 1. The first-order valence-corrected chi connectivity index (χ1v) is 7.07. The van der Waals surface area contributed by atoms with Gasteiger partial charge in [0.15, 0.2) is 0 Å². The van der Waals surface area contributed by atoms with Gasteiger partial charge in [-0.25, -0.2) is 9.78 Å². The number of carbonyl (C=O) groups excluding carboxylic acids is 1. The van der Waals surface area contributed by atoms with Crippen LogP contribution >= 0.6 is 11.6 Å². The third-order valence-electron chi connectivity index (χ3n) is 2.35. The average molecular weight is 331 g/mol. The van der Waals surface area contributed by atoms with E-state index in [4.69, 9.17) is 16.3 Å². The number of carbonyl (C=O) groups is 1. The molecule has 0 aliphatic rings. The first-order valence-electron chi connectivity index (χ1n) is 6.70. The molecule has 1 rings (SSSR count). The van der Waals surface area contributed by atoms with Crippen molar-refractivity contribution >= 4 is 29.2 Å². The lowest BCUT2D eigenvalue weighted by Gasteiger charge is -2.19. The highest BCUT2D eigenvalue weighted by molar-refractivity contribution is 6.30. The minimum Gasteiger partial charge on any atom is -0.444 e. The number of hydrogen-bond acceptors (Lipinski definition) is 6. The van der Waals surface area contributed by atoms with Crippen molar-refractivity contribution in [2.24, 2.45) is 0 Å². The fourth-order valence-corrected chi connectivity index (χ4v) is 1.66. The number of pyridine rings is 1. The highest BCUT2D eigenvalue weighted by Crippen LogP contribution is 2.24. The summed E-state index contributed by atoms with van der Waals surface area (Å²) in [6.45, 7) is 6.12. The van der Waals surface area contributed by atoms with Gasteiger partial charge in [0, 0.05) is 25.4 Å². The second-order valence-electron chi connectivity index (χ2n) is 5.49. The standard InChI is InChI=1S/C13H19ClN4O4/c1-13(2,3)22-12(19)16-6-4-5-15-11-10(18(20)21)7-9(14)8-17-11/h7-8H,4-6H2,1-3H3,(H,15,17)(H,16,19). The van der Waals surface area contributed by atoms with Crippen LogP contribution in [0.4, 0.5) is 16.3 Å². The summed E-state index contributed by atoms with van der Waals surface area (Å²) < 4.78 is 5.08. The van der Waals surface area contributed by atoms with Gasteiger partial charge in [-0.3, -0.25) is 10.1 Å². The molecule has 1 heterocycles. The van der Waals surface area contributed by atoms with Crippen molar-refractivity contribution in [3.05, 3.63) is 27.4 Å². The van der Waals surface area contributed by atoms with Crippen LogP contribution in [-0.4, -0.2) is 34.7 Å². The van der Waals surface area contributed by atoms with Crippen LogP contribution in [0.1, 0.15) is 27.2 Å². The average Bonchev–Trinajstić information content (AvgIpc) is 2.37. The lowest BCUT2D eigenvalue weighted by molar-refractivity contribution is -0.384. The number of hydrogen-bond donors (Lipinski definition) is 2. The normalized spacial score (nSPS) is 10.9. The Labute approximate surface area is 133 Å². The molecule has 0 bridgehead atoms. The smallest absolute Gasteiger partial charge is 0.407 e. The number of amides is 1. The van der Waals surface area contributed by atoms with Crippen molar-refractivity contribution in [2.75, 3.05) is 18.4 Å². The molecule has 22 heavy (non-hydrogen) atoms. The Morgan fingerprint density at radius 3 is 2.73 bits per heavy atom. The predicted molar refractivity (Wildman–Crippen MR) is 83.2 cm³/mol. The van der Waals surface area contributed by atoms with Gasteiger partial charge in [-0.2, -0.15) is 0 Å². The zero-order chi connectivity index (χ0) is 16.8. The molecule has 122 valence electrons. The summed E-state index contributed by atoms with van der Waals surface area (Å²) in [4.78, 5) is 25.6. The largest absolute Gasteiger partial charge is 0.444 e. The second kappa shape index (κ2) is 7.79. The second-order valence-corrected chi connectivity index (χ2v) is 5.92. The molecule has 1 amide bonds. The molecule has 0 saturated heterocycles. The van der Waals surface area contributed by atoms with Crippen molar-refractivity contribution in [1.29, 1.82) is 0 Å². The Hall–Kier alpha value is -2.09. The van der Waals surface area contributed by atoms with Gasteiger partial charge in [0.05, 0.1) is 9.95 Å². The lowest BCUT2D eigenvalue weighted by atomic mass is 10.2. The molecule has 0 aliphatic heterocycles. The summed E-state index contributed by atoms with van der Waals surface area (Å²) in [6, 6.07) is 1.23. The maximum absolute atomic E-state index is 11.4. The zero-order valence-electron chi connectivity index (χ0n) is 12.7. The highest BCUT2D eigenvalue weighted by Gasteiger charge is 2.16. The van der Waals surface area contributed by atoms with Gasteiger partial charge in [-0.05, 0) is 27.2 Å². The molecule has 0 aliphatic carbocycles. The van der Waals surface area contributed by atoms with E-state index in [0.29, 0.717) is 19.5 Å². The van der Waals surface area contributed by atoms with E-state index in [1.807, 2.05) is 0 Å². The molecule has 9 heteroatoms. The van der Waals surface area contributed by atoms with E-state index in [-0.39, 0.29) is 16.5 Å². The topological polar surface area (TPSA) is 106 Å². The number of halogens is 1. The maximum atomic E-state index is 11.4. The van der Waals surface area contributed by atoms with Crippen molar-refractivity contribution in [1.82, 2.24) is 10.3 Å². The van der Waals surface area contributed by atoms with E-state index in [9.17, 15) is 14.9 Å². The molecule has 2 N–H and O–H groups in total. The van der Waals surface area contributed by atoms with Crippen molar-refractivity contribution in [3.8, 4) is 0 Å². The summed E-state index contributed by atoms with van der Waals surface area (Å²) in [7, 11) is 0. The molecule has 1 aromatic rings. The van der Waals surface area contributed by atoms with E-state index in [1.54, 1.807) is 20.8 Å². The summed E-state index contributed by atoms with van der Waals surface area (Å²) in [5.41, 5.74) is -0.733. The monoisotopic (exact) mass is 330 g/mol. The Kier molecular flexibility index (Phi) is 6.36. The van der Waals surface area contributed by atoms with Crippen molar-refractivity contribution in [3.63, 3.8) is 0 Å². The SMILES string of the molecule is CC(C)(C)OC(=O)NCCCNc1ncc(Cl)cc1[N+](=O)[O-]. The van der Waals surface area contributed by atoms with Crippen LogP contribution in [0.15, 0.2) is 12.3 Å². The van der Waals surface area contributed by atoms with Crippen LogP contribution in [0.25, 0.3) is 0 Å². The molecule has 0 fully saturated rings. The molecular weight excluding hydrogens is 312 g/mol. The Morgan fingerprint density at radius 2 is 2.14 bits per heavy atom. The van der Waals surface area contributed by atoms with Crippen LogP contribution < -0.4 is 10.6 Å². The van der Waals surface area contributed by atoms with Gasteiger partial charge in [-0.1, -0.05) is 11.6 Å². The first kappa shape index (κ1) is 18.0. The van der Waals surface area contributed by atoms with Crippen molar-refractivity contribution < 1.29 is 14.5 Å². The van der Waals surface area contributed by atoms with E-state index < -0.39 is 16.6 Å². The van der Waals surface area contributed by atoms with Crippen molar-refractivity contribution in [2.45, 2.75) is 32.8 Å². The number of alkyl carbamates (subject to hydrolysis) is 1. The summed E-state index contributed by atoms with van der Waals surface area (Å²) >= 11 is 5.68. The number of nitrogens with zero attached hydrogens (tertiary/aromatic N) is 2. The van der Waals surface area contributed by atoms with Gasteiger partial charge in [0.2, 0.25) is 5.82 Å². The minimum absolute atomic E-state index is 0.145. The maximum Gasteiger partial charge on any atom is 0.407 e. The van der Waals surface area contributed by atoms with Gasteiger partial charge in [-0.15, -0.1) is 0 Å². The van der Waals surface area contributed by atoms with E-state index in [1.165, 1.54) is 12.3 Å². The van der Waals surface area contributed by atoms with Crippen LogP contribution in [0.3, 0.4) is 0 Å². The summed E-state index contributed by atoms with van der Waals surface area (Å²) in [6.07, 6.45) is 1.39. The molecule has 8 nitrogen and oxygen atoms in total. The first-order chi connectivity index (χ1) is 10.2. The zero-order valence-corrected chi connectivity index (χ0v) is 13.4. The molecule has 0 unspecified atom stereocenters. The van der Waals surface area contributed by atoms with Gasteiger partial charge < -0.3 is 15.4 Å². The summed E-state index contributed by atoms with van der Waals surface area (Å²) in [5, 5.41) is 16.5. The van der Waals surface area contributed by atoms with Gasteiger partial charge in [0.25, 0.3) is 0 Å². The summed E-state index contributed by atoms with van der Waals surface area (Å²) in [5.74, 6) is 0.145. The van der Waals surface area contributed by atoms with Gasteiger partial charge in [0.1, 0.15) is 5.60 Å². The lowest BCUT2D eigenvalue weighted by Crippen LogP contribution is -2.33. The molecular formula is C13H19ClN4O4. The fourth-order valence-electron chi connectivity index (χ4n) is 1.50. The molecule has 0 spiro atoms. The fraction of sp³-hybridized carbons (Fsp3) is 0.538. The van der Waals surface area contributed by atoms with E-state index in [0.717, 1.165) is 0 Å². The number of nitrogens with one attached hydrogen (secondary N) is 2. The molecule has 0 atom stereocenters. The number of nitro groups is 1. The van der Waals surface area contributed by atoms with Gasteiger partial charge >= 0.3 is 11.8 Å². The quantitative estimate of drug-likeness (QED) is 0.472. The minimum atomic E-state index is -0.555.